The van der Waals surface area contributed by atoms with Gasteiger partial charge in [-0.2, -0.15) is 13.2 Å². The molecule has 0 amide bonds. The van der Waals surface area contributed by atoms with Gasteiger partial charge in [-0.25, -0.2) is 4.79 Å². The molecule has 0 aliphatic carbocycles. The molecule has 1 N–H and O–H groups in total. The first-order chi connectivity index (χ1) is 6.32. The minimum atomic E-state index is -4.51. The molecule has 1 rings (SSSR count). The van der Waals surface area contributed by atoms with Crippen LogP contribution >= 0.6 is 11.6 Å². The van der Waals surface area contributed by atoms with E-state index in [1.807, 2.05) is 0 Å². The van der Waals surface area contributed by atoms with Crippen LogP contribution in [0.1, 0.15) is 18.8 Å². The molecule has 0 aliphatic rings. The van der Waals surface area contributed by atoms with Crippen LogP contribution in [0.5, 0.6) is 0 Å². The number of carbonyl (C=O) groups is 1. The van der Waals surface area contributed by atoms with Crippen molar-refractivity contribution in [2.45, 2.75) is 6.18 Å². The maximum absolute atomic E-state index is 12.1. The zero-order valence-corrected chi connectivity index (χ0v) is 9.48. The fraction of sp³-hybridized carbons (Fsp3) is 0.125. The summed E-state index contributed by atoms with van der Waals surface area (Å²) in [5, 5.41) is 8.07. The Morgan fingerprint density at radius 1 is 1.40 bits per heavy atom. The summed E-state index contributed by atoms with van der Waals surface area (Å²) in [6.45, 7) is 0. The molecule has 15 heavy (non-hydrogen) atoms. The van der Waals surface area contributed by atoms with Crippen molar-refractivity contribution in [1.82, 2.24) is 0 Å². The Bertz CT molecular complexity index is 388. The maximum Gasteiger partial charge on any atom is 2.00 e. The van der Waals surface area contributed by atoms with E-state index in [-0.39, 0.29) is 31.5 Å². The van der Waals surface area contributed by atoms with Gasteiger partial charge in [-0.1, -0.05) is 11.6 Å². The van der Waals surface area contributed by atoms with E-state index < -0.39 is 22.7 Å². The summed E-state index contributed by atoms with van der Waals surface area (Å²) in [4.78, 5) is 10.4. The topological polar surface area (TPSA) is 37.3 Å². The van der Waals surface area contributed by atoms with Crippen LogP contribution in [-0.2, 0) is 6.18 Å². The second kappa shape index (κ2) is 5.04. The molecule has 7 heteroatoms. The molecule has 0 saturated heterocycles. The molecule has 1 aromatic rings. The smallest absolute Gasteiger partial charge is 1.00 e. The van der Waals surface area contributed by atoms with Gasteiger partial charge in [0.2, 0.25) is 0 Å². The van der Waals surface area contributed by atoms with E-state index in [4.69, 9.17) is 16.7 Å². The molecule has 0 saturated carbocycles. The summed E-state index contributed by atoms with van der Waals surface area (Å²) >= 11 is 5.35. The first-order valence-corrected chi connectivity index (χ1v) is 3.80. The maximum atomic E-state index is 12.1. The number of hydrogen-bond acceptors (Lipinski definition) is 1. The van der Waals surface area contributed by atoms with E-state index in [0.29, 0.717) is 12.1 Å². The normalized spacial score (nSPS) is 10.7. The van der Waals surface area contributed by atoms with Crippen LogP contribution in [0.4, 0.5) is 13.2 Å². The van der Waals surface area contributed by atoms with Crippen molar-refractivity contribution >= 4 is 40.6 Å². The van der Waals surface area contributed by atoms with Crippen LogP contribution in [0.25, 0.3) is 0 Å². The molecule has 0 bridgehead atoms. The number of carboxylic acids is 1. The Balaban J connectivity index is -0.000000653. The fourth-order valence-electron chi connectivity index (χ4n) is 0.865. The summed E-state index contributed by atoms with van der Waals surface area (Å²) in [6, 6.07) is 2.09. The van der Waals surface area contributed by atoms with Crippen LogP contribution in [-0.4, -0.2) is 34.1 Å². The van der Waals surface area contributed by atoms with Gasteiger partial charge < -0.3 is 7.96 Å². The molecular formula is C8H6ClF3MgO2. The molecule has 80 valence electrons. The zero-order chi connectivity index (χ0) is 10.9. The number of aromatic carboxylic acids is 1. The first-order valence-electron chi connectivity index (χ1n) is 3.42. The number of carboxylic acid groups (broad SMARTS) is 1. The third-order valence-corrected chi connectivity index (χ3v) is 1.84. The molecule has 0 radical (unpaired) electrons. The molecule has 2 nitrogen and oxygen atoms in total. The second-order valence-electron chi connectivity index (χ2n) is 2.50. The molecule has 0 fully saturated rings. The van der Waals surface area contributed by atoms with Crippen LogP contribution in [0.15, 0.2) is 18.2 Å². The molecule has 0 heterocycles. The van der Waals surface area contributed by atoms with E-state index in [2.05, 4.69) is 0 Å². The van der Waals surface area contributed by atoms with E-state index in [0.717, 1.165) is 6.07 Å². The number of halogens is 4. The third kappa shape index (κ3) is 3.55. The van der Waals surface area contributed by atoms with E-state index in [1.54, 1.807) is 0 Å². The van der Waals surface area contributed by atoms with Gasteiger partial charge in [0.15, 0.2) is 0 Å². The van der Waals surface area contributed by atoms with Crippen LogP contribution in [0.2, 0.25) is 5.02 Å². The second-order valence-corrected chi connectivity index (χ2v) is 2.90. The van der Waals surface area contributed by atoms with Crippen molar-refractivity contribution < 1.29 is 25.9 Å². The molecule has 0 unspecified atom stereocenters. The molecule has 1 aromatic carbocycles. The summed E-state index contributed by atoms with van der Waals surface area (Å²) in [5.74, 6) is -1.36. The number of alkyl halides is 3. The van der Waals surface area contributed by atoms with Crippen molar-refractivity contribution in [3.05, 3.63) is 34.3 Å². The molecule has 0 aromatic heterocycles. The quantitative estimate of drug-likeness (QED) is 0.779. The number of hydrogen-bond donors (Lipinski definition) is 1. The Morgan fingerprint density at radius 2 is 1.93 bits per heavy atom. The number of rotatable bonds is 1. The Kier molecular flexibility index (Phi) is 4.89. The van der Waals surface area contributed by atoms with Crippen LogP contribution in [0.3, 0.4) is 0 Å². The van der Waals surface area contributed by atoms with Gasteiger partial charge in [0.25, 0.3) is 0 Å². The van der Waals surface area contributed by atoms with Crippen LogP contribution in [0, 0.1) is 0 Å². The Hall–Kier alpha value is -0.464. The van der Waals surface area contributed by atoms with Gasteiger partial charge in [-0.05, 0) is 18.2 Å². The van der Waals surface area contributed by atoms with Gasteiger partial charge in [0, 0.05) is 0 Å². The Labute approximate surface area is 107 Å². The monoisotopic (exact) mass is 250 g/mol. The average Bonchev–Trinajstić information content (AvgIpc) is 2.01. The van der Waals surface area contributed by atoms with Gasteiger partial charge in [-0.3, -0.25) is 0 Å². The van der Waals surface area contributed by atoms with Crippen LogP contribution < -0.4 is 0 Å². The largest absolute Gasteiger partial charge is 2.00 e. The van der Waals surface area contributed by atoms with Gasteiger partial charge in [-0.15, -0.1) is 0 Å². The van der Waals surface area contributed by atoms with E-state index in [1.165, 1.54) is 0 Å². The minimum absolute atomic E-state index is 0. The average molecular weight is 251 g/mol. The van der Waals surface area contributed by atoms with Crippen molar-refractivity contribution in [2.24, 2.45) is 0 Å². The Morgan fingerprint density at radius 3 is 2.27 bits per heavy atom. The van der Waals surface area contributed by atoms with E-state index >= 15 is 0 Å². The van der Waals surface area contributed by atoms with Crippen molar-refractivity contribution in [3.8, 4) is 0 Å². The number of benzene rings is 1. The van der Waals surface area contributed by atoms with E-state index in [9.17, 15) is 18.0 Å². The predicted molar refractivity (Wildman–Crippen MR) is 51.4 cm³/mol. The zero-order valence-electron chi connectivity index (χ0n) is 9.31. The van der Waals surface area contributed by atoms with Crippen molar-refractivity contribution in [3.63, 3.8) is 0 Å². The third-order valence-electron chi connectivity index (χ3n) is 1.53. The predicted octanol–water partition coefficient (Wildman–Crippen LogP) is 2.90. The molecule has 0 atom stereocenters. The summed E-state index contributed by atoms with van der Waals surface area (Å²) in [6.07, 6.45) is -4.51. The summed E-state index contributed by atoms with van der Waals surface area (Å²) < 4.78 is 36.3. The first kappa shape index (κ1) is 14.5. The molecule has 0 spiro atoms. The standard InChI is InChI=1S/C8H4ClF3O2.Mg.2H/c9-6-3-4(8(10,11)12)1-2-5(6)7(13)14;;;/h1-3H,(H,13,14);;;/q;+2;2*-1. The SMILES string of the molecule is O=C(O)c1ccc(C(F)(F)F)cc1Cl.[H-].[H-].[Mg+2]. The molecular weight excluding hydrogens is 245 g/mol. The van der Waals surface area contributed by atoms with Gasteiger partial charge >= 0.3 is 35.2 Å². The van der Waals surface area contributed by atoms with Crippen molar-refractivity contribution in [1.29, 1.82) is 0 Å². The minimum Gasteiger partial charge on any atom is -1.00 e. The van der Waals surface area contributed by atoms with Gasteiger partial charge in [0.1, 0.15) is 0 Å². The van der Waals surface area contributed by atoms with Crippen molar-refractivity contribution in [2.75, 3.05) is 0 Å². The summed E-state index contributed by atoms with van der Waals surface area (Å²) in [5.41, 5.74) is -1.31. The molecule has 0 aliphatic heterocycles. The fourth-order valence-corrected chi connectivity index (χ4v) is 1.13. The summed E-state index contributed by atoms with van der Waals surface area (Å²) in [7, 11) is 0. The van der Waals surface area contributed by atoms with Gasteiger partial charge in [0.05, 0.1) is 16.1 Å².